The summed E-state index contributed by atoms with van der Waals surface area (Å²) in [4.78, 5) is 15.8. The molecule has 0 aliphatic rings. The predicted octanol–water partition coefficient (Wildman–Crippen LogP) is 1.94. The number of hydrogen-bond donors (Lipinski definition) is 1. The van der Waals surface area contributed by atoms with E-state index in [0.717, 1.165) is 5.69 Å². The zero-order chi connectivity index (χ0) is 11.5. The minimum absolute atomic E-state index is 0.232. The second kappa shape index (κ2) is 4.14. The van der Waals surface area contributed by atoms with Crippen molar-refractivity contribution in [3.8, 4) is 0 Å². The van der Waals surface area contributed by atoms with Gasteiger partial charge in [-0.25, -0.2) is 0 Å². The molecule has 0 spiro atoms. The molecule has 0 fully saturated rings. The Labute approximate surface area is 92.5 Å². The molecule has 16 heavy (non-hydrogen) atoms. The van der Waals surface area contributed by atoms with Crippen molar-refractivity contribution in [1.29, 1.82) is 0 Å². The molecule has 0 aliphatic heterocycles. The highest BCUT2D eigenvalue weighted by molar-refractivity contribution is 6.04. The Hall–Kier alpha value is -2.17. The Morgan fingerprint density at radius 2 is 2.25 bits per heavy atom. The van der Waals surface area contributed by atoms with Crippen molar-refractivity contribution >= 4 is 11.6 Å². The molecule has 2 heterocycles. The molecule has 82 valence electrons. The normalized spacial score (nSPS) is 10.1. The van der Waals surface area contributed by atoms with Crippen molar-refractivity contribution in [2.75, 3.05) is 5.32 Å². The van der Waals surface area contributed by atoms with Crippen LogP contribution >= 0.6 is 0 Å². The number of amides is 1. The van der Waals surface area contributed by atoms with Gasteiger partial charge in [0.15, 0.2) is 0 Å². The van der Waals surface area contributed by atoms with Crippen LogP contribution in [0.15, 0.2) is 29.0 Å². The molecule has 0 saturated carbocycles. The second-order valence-corrected chi connectivity index (χ2v) is 3.44. The molecule has 2 aromatic heterocycles. The van der Waals surface area contributed by atoms with Crippen molar-refractivity contribution in [1.82, 2.24) is 10.1 Å². The third kappa shape index (κ3) is 2.08. The fourth-order valence-corrected chi connectivity index (χ4v) is 1.34. The predicted molar refractivity (Wildman–Crippen MR) is 58.2 cm³/mol. The molecule has 2 aromatic rings. The Morgan fingerprint density at radius 3 is 2.88 bits per heavy atom. The summed E-state index contributed by atoms with van der Waals surface area (Å²) in [5, 5.41) is 6.30. The molecule has 1 amide bonds. The summed E-state index contributed by atoms with van der Waals surface area (Å²) in [6, 6.07) is 3.52. The Morgan fingerprint density at radius 1 is 1.44 bits per heavy atom. The lowest BCUT2D eigenvalue weighted by Crippen LogP contribution is -2.12. The van der Waals surface area contributed by atoms with Crippen molar-refractivity contribution < 1.29 is 9.32 Å². The van der Waals surface area contributed by atoms with E-state index in [-0.39, 0.29) is 5.91 Å². The van der Waals surface area contributed by atoms with Crippen LogP contribution in [0.2, 0.25) is 0 Å². The molecule has 1 N–H and O–H groups in total. The SMILES string of the molecule is Cc1cc(NC(=O)c2cnoc2C)ccn1. The number of aromatic nitrogens is 2. The highest BCUT2D eigenvalue weighted by Gasteiger charge is 2.12. The van der Waals surface area contributed by atoms with E-state index in [4.69, 9.17) is 4.52 Å². The number of anilines is 1. The van der Waals surface area contributed by atoms with Crippen LogP contribution in [0, 0.1) is 13.8 Å². The van der Waals surface area contributed by atoms with E-state index in [9.17, 15) is 4.79 Å². The number of carbonyl (C=O) groups is 1. The molecule has 0 radical (unpaired) electrons. The summed E-state index contributed by atoms with van der Waals surface area (Å²) >= 11 is 0. The zero-order valence-electron chi connectivity index (χ0n) is 9.02. The molecule has 0 aromatic carbocycles. The van der Waals surface area contributed by atoms with Gasteiger partial charge in [-0.3, -0.25) is 9.78 Å². The summed E-state index contributed by atoms with van der Waals surface area (Å²) in [6.45, 7) is 3.56. The van der Waals surface area contributed by atoms with Gasteiger partial charge >= 0.3 is 0 Å². The largest absolute Gasteiger partial charge is 0.361 e. The van der Waals surface area contributed by atoms with E-state index in [0.29, 0.717) is 17.0 Å². The fraction of sp³-hybridized carbons (Fsp3) is 0.182. The molecule has 0 bridgehead atoms. The topological polar surface area (TPSA) is 68.0 Å². The number of aryl methyl sites for hydroxylation is 2. The van der Waals surface area contributed by atoms with Crippen LogP contribution in [0.3, 0.4) is 0 Å². The van der Waals surface area contributed by atoms with E-state index in [1.54, 1.807) is 25.3 Å². The lowest BCUT2D eigenvalue weighted by atomic mass is 10.2. The van der Waals surface area contributed by atoms with Crippen LogP contribution in [0.5, 0.6) is 0 Å². The molecule has 5 nitrogen and oxygen atoms in total. The molecule has 0 saturated heterocycles. The van der Waals surface area contributed by atoms with Gasteiger partial charge in [-0.15, -0.1) is 0 Å². The van der Waals surface area contributed by atoms with Gasteiger partial charge in [0.2, 0.25) is 0 Å². The monoisotopic (exact) mass is 217 g/mol. The molecule has 2 rings (SSSR count). The highest BCUT2D eigenvalue weighted by atomic mass is 16.5. The standard InChI is InChI=1S/C11H11N3O2/c1-7-5-9(3-4-12-7)14-11(15)10-6-13-16-8(10)2/h3-6H,1-2H3,(H,12,14,15). The van der Waals surface area contributed by atoms with Gasteiger partial charge < -0.3 is 9.84 Å². The quantitative estimate of drug-likeness (QED) is 0.834. The van der Waals surface area contributed by atoms with Crippen molar-refractivity contribution in [2.24, 2.45) is 0 Å². The lowest BCUT2D eigenvalue weighted by Gasteiger charge is -2.03. The summed E-state index contributed by atoms with van der Waals surface area (Å²) in [7, 11) is 0. The minimum atomic E-state index is -0.232. The van der Waals surface area contributed by atoms with E-state index < -0.39 is 0 Å². The number of nitrogens with one attached hydrogen (secondary N) is 1. The number of rotatable bonds is 2. The maximum atomic E-state index is 11.8. The lowest BCUT2D eigenvalue weighted by molar-refractivity contribution is 0.102. The maximum Gasteiger partial charge on any atom is 0.260 e. The number of hydrogen-bond acceptors (Lipinski definition) is 4. The van der Waals surface area contributed by atoms with Gasteiger partial charge in [0.25, 0.3) is 5.91 Å². The Bertz CT molecular complexity index is 519. The third-order valence-corrected chi connectivity index (χ3v) is 2.15. The third-order valence-electron chi connectivity index (χ3n) is 2.15. The molecule has 0 atom stereocenters. The van der Waals surface area contributed by atoms with Gasteiger partial charge in [-0.1, -0.05) is 5.16 Å². The van der Waals surface area contributed by atoms with Crippen molar-refractivity contribution in [3.63, 3.8) is 0 Å². The van der Waals surface area contributed by atoms with Crippen LogP contribution in [0.1, 0.15) is 21.8 Å². The second-order valence-electron chi connectivity index (χ2n) is 3.44. The van der Waals surface area contributed by atoms with Crippen LogP contribution in [-0.2, 0) is 0 Å². The Balaban J connectivity index is 2.17. The Kier molecular flexibility index (Phi) is 2.68. The van der Waals surface area contributed by atoms with E-state index in [2.05, 4.69) is 15.5 Å². The van der Waals surface area contributed by atoms with E-state index in [1.807, 2.05) is 6.92 Å². The molecule has 5 heteroatoms. The smallest absolute Gasteiger partial charge is 0.260 e. The summed E-state index contributed by atoms with van der Waals surface area (Å²) in [6.07, 6.45) is 3.05. The van der Waals surface area contributed by atoms with Gasteiger partial charge in [-0.05, 0) is 26.0 Å². The van der Waals surface area contributed by atoms with E-state index >= 15 is 0 Å². The number of pyridine rings is 1. The van der Waals surface area contributed by atoms with Crippen molar-refractivity contribution in [3.05, 3.63) is 41.5 Å². The van der Waals surface area contributed by atoms with Crippen LogP contribution in [0.4, 0.5) is 5.69 Å². The minimum Gasteiger partial charge on any atom is -0.361 e. The molecular formula is C11H11N3O2. The molecular weight excluding hydrogens is 206 g/mol. The number of nitrogens with zero attached hydrogens (tertiary/aromatic N) is 2. The first-order chi connectivity index (χ1) is 7.66. The average molecular weight is 217 g/mol. The zero-order valence-corrected chi connectivity index (χ0v) is 9.02. The average Bonchev–Trinajstić information content (AvgIpc) is 2.64. The summed E-state index contributed by atoms with van der Waals surface area (Å²) in [5.74, 6) is 0.271. The first kappa shape index (κ1) is 10.4. The van der Waals surface area contributed by atoms with Gasteiger partial charge in [0.05, 0.1) is 6.20 Å². The molecule has 0 unspecified atom stereocenters. The summed E-state index contributed by atoms with van der Waals surface area (Å²) < 4.78 is 4.82. The van der Waals surface area contributed by atoms with Crippen LogP contribution in [0.25, 0.3) is 0 Å². The van der Waals surface area contributed by atoms with Crippen LogP contribution < -0.4 is 5.32 Å². The van der Waals surface area contributed by atoms with Crippen LogP contribution in [-0.4, -0.2) is 16.0 Å². The van der Waals surface area contributed by atoms with Gasteiger partial charge in [0.1, 0.15) is 11.3 Å². The summed E-state index contributed by atoms with van der Waals surface area (Å²) in [5.41, 5.74) is 1.99. The van der Waals surface area contributed by atoms with Gasteiger partial charge in [0, 0.05) is 17.6 Å². The van der Waals surface area contributed by atoms with E-state index in [1.165, 1.54) is 6.20 Å². The highest BCUT2D eigenvalue weighted by Crippen LogP contribution is 2.11. The number of carbonyl (C=O) groups excluding carboxylic acids is 1. The van der Waals surface area contributed by atoms with Gasteiger partial charge in [-0.2, -0.15) is 0 Å². The van der Waals surface area contributed by atoms with Crippen molar-refractivity contribution in [2.45, 2.75) is 13.8 Å². The maximum absolute atomic E-state index is 11.8. The first-order valence-corrected chi connectivity index (χ1v) is 4.82. The fourth-order valence-electron chi connectivity index (χ4n) is 1.34. The first-order valence-electron chi connectivity index (χ1n) is 4.82. The molecule has 0 aliphatic carbocycles.